The maximum atomic E-state index is 15.5. The van der Waals surface area contributed by atoms with E-state index < -0.39 is 27.5 Å². The highest BCUT2D eigenvalue weighted by atomic mass is 35.5. The van der Waals surface area contributed by atoms with Crippen LogP contribution in [0.4, 0.5) is 5.69 Å². The van der Waals surface area contributed by atoms with Crippen LogP contribution in [0.5, 0.6) is 17.2 Å². The maximum absolute atomic E-state index is 15.5. The number of amides is 2. The third-order valence-corrected chi connectivity index (χ3v) is 11.4. The molecule has 3 aromatic rings. The Bertz CT molecular complexity index is 1870. The highest BCUT2D eigenvalue weighted by Gasteiger charge is 2.63. The molecule has 0 saturated carbocycles. The van der Waals surface area contributed by atoms with Crippen molar-refractivity contribution < 1.29 is 32.2 Å². The Morgan fingerprint density at radius 2 is 1.62 bits per heavy atom. The van der Waals surface area contributed by atoms with E-state index in [2.05, 4.69) is 9.80 Å². The van der Waals surface area contributed by atoms with E-state index in [1.807, 2.05) is 44.2 Å². The zero-order valence-electron chi connectivity index (χ0n) is 29.9. The molecular weight excluding hydrogens is 682 g/mol. The van der Waals surface area contributed by atoms with Gasteiger partial charge in [0.05, 0.1) is 33.1 Å². The Kier molecular flexibility index (Phi) is 11.0. The fourth-order valence-electron chi connectivity index (χ4n) is 6.98. The first-order valence-electron chi connectivity index (χ1n) is 16.3. The number of methoxy groups -OCH3 is 3. The lowest BCUT2D eigenvalue weighted by molar-refractivity contribution is -0.138. The number of carbonyl (C=O) groups excluding carboxylic acids is 2. The fourth-order valence-corrected chi connectivity index (χ4v) is 8.76. The van der Waals surface area contributed by atoms with Crippen molar-refractivity contribution in [3.05, 3.63) is 76.3 Å². The zero-order chi connectivity index (χ0) is 36.5. The van der Waals surface area contributed by atoms with E-state index in [1.54, 1.807) is 26.2 Å². The molecule has 2 aliphatic rings. The lowest BCUT2D eigenvalue weighted by Crippen LogP contribution is -2.59. The Hall–Kier alpha value is -3.88. The number of nitrogens with zero attached hydrogens (tertiary/aromatic N) is 5. The van der Waals surface area contributed by atoms with Crippen molar-refractivity contribution in [2.24, 2.45) is 0 Å². The summed E-state index contributed by atoms with van der Waals surface area (Å²) in [6.07, 6.45) is 1.07. The van der Waals surface area contributed by atoms with Crippen molar-refractivity contribution in [2.45, 2.75) is 35.9 Å². The molecule has 0 spiro atoms. The molecule has 2 aliphatic heterocycles. The van der Waals surface area contributed by atoms with E-state index in [1.165, 1.54) is 50.5 Å². The quantitative estimate of drug-likeness (QED) is 0.257. The summed E-state index contributed by atoms with van der Waals surface area (Å²) < 4.78 is 47.2. The number of rotatable bonds is 13. The fraction of sp³-hybridized carbons (Fsp3) is 0.444. The Morgan fingerprint density at radius 3 is 2.26 bits per heavy atom. The molecule has 0 aliphatic carbocycles. The number of carbonyl (C=O) groups is 2. The van der Waals surface area contributed by atoms with E-state index in [0.29, 0.717) is 53.6 Å². The van der Waals surface area contributed by atoms with E-state index in [0.717, 1.165) is 23.0 Å². The molecule has 0 aromatic heterocycles. The number of fused-ring (bicyclic) bond motifs is 1. The Balaban J connectivity index is 1.78. The number of likely N-dealkylation sites (tertiary alicyclic amines) is 1. The summed E-state index contributed by atoms with van der Waals surface area (Å²) in [6, 6.07) is 13.9. The summed E-state index contributed by atoms with van der Waals surface area (Å²) in [7, 11) is 9.13. The molecule has 14 heteroatoms. The normalized spacial score (nSPS) is 19.3. The second-order valence-electron chi connectivity index (χ2n) is 13.1. The maximum Gasteiger partial charge on any atom is 0.274 e. The lowest BCUT2D eigenvalue weighted by atomic mass is 9.80. The number of hydrogen-bond acceptors (Lipinski definition) is 10. The van der Waals surface area contributed by atoms with E-state index in [4.69, 9.17) is 25.8 Å². The minimum atomic E-state index is -4.61. The van der Waals surface area contributed by atoms with E-state index >= 15 is 4.79 Å². The van der Waals surface area contributed by atoms with E-state index in [-0.39, 0.29) is 22.2 Å². The third kappa shape index (κ3) is 6.53. The van der Waals surface area contributed by atoms with Crippen LogP contribution in [-0.4, -0.2) is 122 Å². The van der Waals surface area contributed by atoms with Gasteiger partial charge >= 0.3 is 0 Å². The number of benzene rings is 3. The van der Waals surface area contributed by atoms with Gasteiger partial charge in [-0.3, -0.25) is 14.5 Å². The monoisotopic (exact) mass is 727 g/mol. The van der Waals surface area contributed by atoms with Crippen molar-refractivity contribution in [3.8, 4) is 17.2 Å². The number of likely N-dealkylation sites (N-methyl/N-ethyl adjacent to an activating group) is 3. The lowest BCUT2D eigenvalue weighted by Gasteiger charge is -2.42. The molecule has 0 N–H and O–H groups in total. The molecule has 0 radical (unpaired) electrons. The molecule has 12 nitrogen and oxygen atoms in total. The largest absolute Gasteiger partial charge is 0.497 e. The smallest absolute Gasteiger partial charge is 0.274 e. The number of halogens is 1. The van der Waals surface area contributed by atoms with Gasteiger partial charge in [-0.15, -0.1) is 0 Å². The van der Waals surface area contributed by atoms with Gasteiger partial charge in [0.15, 0.2) is 5.54 Å². The summed E-state index contributed by atoms with van der Waals surface area (Å²) in [5, 5.41) is 0.301. The molecule has 270 valence electrons. The summed E-state index contributed by atoms with van der Waals surface area (Å²) in [6.45, 7) is 2.65. The van der Waals surface area contributed by atoms with Crippen LogP contribution in [0.25, 0.3) is 0 Å². The van der Waals surface area contributed by atoms with Gasteiger partial charge in [-0.25, -0.2) is 12.7 Å². The number of hydrogen-bond donors (Lipinski definition) is 0. The van der Waals surface area contributed by atoms with Gasteiger partial charge in [0.1, 0.15) is 22.1 Å². The number of ether oxygens (including phenoxy) is 3. The predicted octanol–water partition coefficient (Wildman–Crippen LogP) is 3.89. The highest BCUT2D eigenvalue weighted by molar-refractivity contribution is 7.93. The van der Waals surface area contributed by atoms with Crippen LogP contribution in [0.2, 0.25) is 5.02 Å². The van der Waals surface area contributed by atoms with Gasteiger partial charge in [-0.1, -0.05) is 23.7 Å². The summed E-state index contributed by atoms with van der Waals surface area (Å²) in [5.74, 6) is -0.205. The summed E-state index contributed by atoms with van der Waals surface area (Å²) >= 11 is 6.66. The standard InChI is InChI=1S/C36H46ClN5O7S/c1-38(2)18-19-40(5)23-24-11-14-27(31(20-24)48-7)36(41-17-9-10-30(41)34(43)39(3)4)28-21-25(37)12-15-29(28)42(35(36)44)50(45,46)33-16-13-26(47-6)22-32(33)49-8/h11-16,20-22,30H,9-10,17-19,23H2,1-8H3/t30?,36-/m1/s1. The average Bonchev–Trinajstić information content (AvgIpc) is 3.67. The van der Waals surface area contributed by atoms with Crippen LogP contribution < -0.4 is 18.5 Å². The summed E-state index contributed by atoms with van der Waals surface area (Å²) in [4.78, 5) is 36.7. The first kappa shape index (κ1) is 37.4. The van der Waals surface area contributed by atoms with Crippen LogP contribution in [0.3, 0.4) is 0 Å². The topological polar surface area (TPSA) is 112 Å². The second-order valence-corrected chi connectivity index (χ2v) is 15.3. The van der Waals surface area contributed by atoms with Gasteiger partial charge in [-0.2, -0.15) is 0 Å². The zero-order valence-corrected chi connectivity index (χ0v) is 31.5. The number of sulfonamides is 1. The molecule has 1 fully saturated rings. The minimum Gasteiger partial charge on any atom is -0.497 e. The van der Waals surface area contributed by atoms with Crippen LogP contribution in [0.1, 0.15) is 29.5 Å². The van der Waals surface area contributed by atoms with Crippen LogP contribution >= 0.6 is 11.6 Å². The third-order valence-electron chi connectivity index (χ3n) is 9.40. The predicted molar refractivity (Wildman–Crippen MR) is 193 cm³/mol. The number of anilines is 1. The molecule has 2 amide bonds. The molecular formula is C36H46ClN5O7S. The molecule has 0 bridgehead atoms. The second kappa shape index (κ2) is 14.8. The average molecular weight is 728 g/mol. The van der Waals surface area contributed by atoms with E-state index in [9.17, 15) is 13.2 Å². The van der Waals surface area contributed by atoms with Gasteiger partial charge in [0.25, 0.3) is 15.9 Å². The first-order chi connectivity index (χ1) is 23.7. The molecule has 3 aromatic carbocycles. The van der Waals surface area contributed by atoms with Crippen molar-refractivity contribution in [1.82, 2.24) is 19.6 Å². The molecule has 1 saturated heterocycles. The van der Waals surface area contributed by atoms with Crippen molar-refractivity contribution in [2.75, 3.05) is 80.5 Å². The molecule has 1 unspecified atom stereocenters. The van der Waals surface area contributed by atoms with Crippen LogP contribution in [0, 0.1) is 0 Å². The Morgan fingerprint density at radius 1 is 0.900 bits per heavy atom. The summed E-state index contributed by atoms with van der Waals surface area (Å²) in [5.41, 5.74) is -0.00589. The first-order valence-corrected chi connectivity index (χ1v) is 18.1. The van der Waals surface area contributed by atoms with Crippen molar-refractivity contribution >= 4 is 39.1 Å². The van der Waals surface area contributed by atoms with Gasteiger partial charge in [-0.05, 0) is 75.9 Å². The Labute approximate surface area is 300 Å². The molecule has 2 heterocycles. The van der Waals surface area contributed by atoms with Gasteiger partial charge < -0.3 is 28.9 Å². The minimum absolute atomic E-state index is 0.00678. The van der Waals surface area contributed by atoms with Gasteiger partial charge in [0, 0.05) is 62.5 Å². The van der Waals surface area contributed by atoms with Crippen molar-refractivity contribution in [1.29, 1.82) is 0 Å². The SMILES string of the molecule is COc1ccc(S(=O)(=O)N2C(=O)[C@](c3ccc(CN(C)CCN(C)C)cc3OC)(N3CCCC3C(=O)N(C)C)c3cc(Cl)ccc32)c(OC)c1. The van der Waals surface area contributed by atoms with Crippen molar-refractivity contribution in [3.63, 3.8) is 0 Å². The molecule has 2 atom stereocenters. The van der Waals surface area contributed by atoms with Crippen LogP contribution in [0.15, 0.2) is 59.5 Å². The molecule has 50 heavy (non-hydrogen) atoms. The van der Waals surface area contributed by atoms with Crippen LogP contribution in [-0.2, 0) is 31.7 Å². The molecule has 5 rings (SSSR count). The highest BCUT2D eigenvalue weighted by Crippen LogP contribution is 2.55. The van der Waals surface area contributed by atoms with Gasteiger partial charge in [0.2, 0.25) is 5.91 Å².